The Morgan fingerprint density at radius 2 is 0.955 bits per heavy atom. The highest BCUT2D eigenvalue weighted by atomic mass is 32.2. The third kappa shape index (κ3) is 38.0. The Balaban J connectivity index is 2.45. The molecule has 0 aliphatic heterocycles. The van der Waals surface area contributed by atoms with Crippen molar-refractivity contribution in [2.24, 2.45) is 0 Å². The van der Waals surface area contributed by atoms with Crippen molar-refractivity contribution in [3.8, 4) is 0 Å². The largest absolute Gasteiger partial charge is 0.481 e. The third-order valence-corrected chi connectivity index (χ3v) is 13.3. The summed E-state index contributed by atoms with van der Waals surface area (Å²) < 4.78 is 11.4. The van der Waals surface area contributed by atoms with E-state index >= 15 is 0 Å². The van der Waals surface area contributed by atoms with Crippen LogP contribution in [0.3, 0.4) is 0 Å². The number of esters is 2. The fourth-order valence-electron chi connectivity index (χ4n) is 7.98. The summed E-state index contributed by atoms with van der Waals surface area (Å²) in [7, 11) is 0. The highest BCUT2D eigenvalue weighted by molar-refractivity contribution is 7.99. The molecule has 0 radical (unpaired) electrons. The van der Waals surface area contributed by atoms with Gasteiger partial charge in [0.05, 0.1) is 0 Å². The van der Waals surface area contributed by atoms with Crippen LogP contribution in [0.5, 0.6) is 0 Å². The Bertz CT molecular complexity index is 1440. The number of carbonyl (C=O) groups is 6. The number of hydrogen-bond donors (Lipinski definition) is 4. The van der Waals surface area contributed by atoms with Crippen LogP contribution in [0.15, 0.2) is 24.3 Å². The lowest BCUT2D eigenvalue weighted by Crippen LogP contribution is -2.41. The zero-order valence-electron chi connectivity index (χ0n) is 41.9. The highest BCUT2D eigenvalue weighted by Gasteiger charge is 2.22. The van der Waals surface area contributed by atoms with Gasteiger partial charge in [0.15, 0.2) is 0 Å². The summed E-state index contributed by atoms with van der Waals surface area (Å²) >= 11 is 1.44. The van der Waals surface area contributed by atoms with E-state index in [1.165, 1.54) is 190 Å². The molecule has 0 saturated carbocycles. The number of aliphatic carboxylic acids is 2. The van der Waals surface area contributed by atoms with Gasteiger partial charge in [0.25, 0.3) is 5.91 Å². The van der Waals surface area contributed by atoms with Crippen molar-refractivity contribution in [2.45, 2.75) is 251 Å². The summed E-state index contributed by atoms with van der Waals surface area (Å²) in [6.07, 6.45) is 37.0. The van der Waals surface area contributed by atoms with Gasteiger partial charge in [0, 0.05) is 48.4 Å². The summed E-state index contributed by atoms with van der Waals surface area (Å²) in [5.74, 6) is -3.21. The molecule has 0 bridgehead atoms. The normalized spacial score (nSPS) is 12.0. The van der Waals surface area contributed by atoms with E-state index in [9.17, 15) is 33.9 Å². The Kier molecular flexibility index (Phi) is 40.0. The number of amides is 2. The van der Waals surface area contributed by atoms with Crippen molar-refractivity contribution in [3.63, 3.8) is 0 Å². The molecule has 0 aromatic heterocycles. The topological polar surface area (TPSA) is 185 Å². The van der Waals surface area contributed by atoms with Crippen molar-refractivity contribution in [3.05, 3.63) is 29.8 Å². The van der Waals surface area contributed by atoms with Gasteiger partial charge in [-0.15, -0.1) is 0 Å². The quantitative estimate of drug-likeness (QED) is 0.0360. The van der Waals surface area contributed by atoms with Crippen LogP contribution in [0.25, 0.3) is 0 Å². The van der Waals surface area contributed by atoms with Gasteiger partial charge in [0.2, 0.25) is 5.91 Å². The van der Waals surface area contributed by atoms with Gasteiger partial charge >= 0.3 is 23.9 Å². The molecule has 0 saturated heterocycles. The average Bonchev–Trinajstić information content (AvgIpc) is 3.30. The van der Waals surface area contributed by atoms with Crippen molar-refractivity contribution >= 4 is 53.1 Å². The molecule has 12 nitrogen and oxygen atoms in total. The Labute approximate surface area is 409 Å². The predicted octanol–water partition coefficient (Wildman–Crippen LogP) is 13.8. The van der Waals surface area contributed by atoms with Gasteiger partial charge in [-0.1, -0.05) is 194 Å². The van der Waals surface area contributed by atoms with Gasteiger partial charge in [-0.2, -0.15) is 11.8 Å². The van der Waals surface area contributed by atoms with E-state index in [-0.39, 0.29) is 42.9 Å². The fraction of sp³-hybridized carbons (Fsp3) is 0.778. The highest BCUT2D eigenvalue weighted by Crippen LogP contribution is 2.18. The summed E-state index contributed by atoms with van der Waals surface area (Å²) in [6.45, 7) is 4.49. The van der Waals surface area contributed by atoms with Crippen LogP contribution >= 0.6 is 11.8 Å². The Morgan fingerprint density at radius 3 is 1.37 bits per heavy atom. The monoisotopic (exact) mass is 961 g/mol. The molecule has 13 heteroatoms. The van der Waals surface area contributed by atoms with Crippen molar-refractivity contribution in [2.75, 3.05) is 23.4 Å². The lowest BCUT2D eigenvalue weighted by Gasteiger charge is -2.18. The van der Waals surface area contributed by atoms with E-state index in [1.807, 2.05) is 0 Å². The number of unbranched alkanes of at least 4 members (excludes halogenated alkanes) is 28. The van der Waals surface area contributed by atoms with Crippen molar-refractivity contribution in [1.82, 2.24) is 5.32 Å². The van der Waals surface area contributed by atoms with Crippen molar-refractivity contribution < 1.29 is 48.5 Å². The summed E-state index contributed by atoms with van der Waals surface area (Å²) in [5.41, 5.74) is 0.602. The van der Waals surface area contributed by atoms with E-state index in [0.29, 0.717) is 30.0 Å². The SMILES string of the molecule is CCCCCCCCCCCCCCCCCC(=O)OCC(CSCCC(=O)Nc1ccc(C(=O)N[C@@H](CCC(=O)O)C(=O)O)cc1)OC(=O)CCCCCCCCCCCCCCCCC. The van der Waals surface area contributed by atoms with Crippen LogP contribution in [0.4, 0.5) is 5.69 Å². The molecular formula is C54H92N2O10S. The molecule has 4 N–H and O–H groups in total. The summed E-state index contributed by atoms with van der Waals surface area (Å²) in [6, 6.07) is 4.58. The molecular weight excluding hydrogens is 869 g/mol. The molecule has 2 atom stereocenters. The van der Waals surface area contributed by atoms with Gasteiger partial charge in [-0.05, 0) is 43.5 Å². The average molecular weight is 961 g/mol. The second-order valence-electron chi connectivity index (χ2n) is 18.4. The molecule has 0 aliphatic rings. The number of carbonyl (C=O) groups excluding carboxylic acids is 4. The van der Waals surface area contributed by atoms with Crippen LogP contribution in [-0.2, 0) is 33.4 Å². The van der Waals surface area contributed by atoms with Crippen LogP contribution < -0.4 is 10.6 Å². The number of carboxylic acid groups (broad SMARTS) is 2. The minimum Gasteiger partial charge on any atom is -0.481 e. The minimum atomic E-state index is -1.35. The second kappa shape index (κ2) is 43.7. The first kappa shape index (κ1) is 61.4. The number of hydrogen-bond acceptors (Lipinski definition) is 9. The van der Waals surface area contributed by atoms with Crippen LogP contribution in [0, 0.1) is 0 Å². The number of thioether (sulfide) groups is 1. The minimum absolute atomic E-state index is 0.0198. The molecule has 0 aliphatic carbocycles. The van der Waals surface area contributed by atoms with E-state index in [2.05, 4.69) is 24.5 Å². The summed E-state index contributed by atoms with van der Waals surface area (Å²) in [5, 5.41) is 23.3. The van der Waals surface area contributed by atoms with Gasteiger partial charge < -0.3 is 30.3 Å². The van der Waals surface area contributed by atoms with E-state index in [4.69, 9.17) is 14.6 Å². The van der Waals surface area contributed by atoms with Crippen LogP contribution in [0.2, 0.25) is 0 Å². The first-order valence-electron chi connectivity index (χ1n) is 26.6. The number of carboxylic acids is 2. The smallest absolute Gasteiger partial charge is 0.326 e. The second-order valence-corrected chi connectivity index (χ2v) is 19.6. The molecule has 0 heterocycles. The van der Waals surface area contributed by atoms with Crippen LogP contribution in [-0.4, -0.2) is 76.2 Å². The van der Waals surface area contributed by atoms with Gasteiger partial charge in [-0.25, -0.2) is 4.79 Å². The maximum atomic E-state index is 12.9. The van der Waals surface area contributed by atoms with E-state index in [0.717, 1.165) is 38.5 Å². The van der Waals surface area contributed by atoms with E-state index in [1.54, 1.807) is 0 Å². The molecule has 2 amide bonds. The first-order valence-corrected chi connectivity index (χ1v) is 27.8. The standard InChI is InChI=1S/C54H92N2O10S/c1-3-5-7-9-11-13-15-17-19-21-23-25-27-29-31-33-51(60)65-43-47(66-52(61)34-32-30-28-26-24-22-20-18-16-14-12-10-8-6-4-2)44-67-42-41-49(57)55-46-37-35-45(36-38-46)53(62)56-48(54(63)64)39-40-50(58)59/h35-38,47-48H,3-34,39-44H2,1-2H3,(H,55,57)(H,56,62)(H,58,59)(H,63,64)/t47?,48-/m0/s1. The molecule has 67 heavy (non-hydrogen) atoms. The number of ether oxygens (including phenoxy) is 2. The molecule has 1 rings (SSSR count). The van der Waals surface area contributed by atoms with Crippen LogP contribution in [0.1, 0.15) is 249 Å². The lowest BCUT2D eigenvalue weighted by molar-refractivity contribution is -0.157. The molecule has 0 spiro atoms. The molecule has 1 aromatic rings. The first-order chi connectivity index (χ1) is 32.5. The van der Waals surface area contributed by atoms with Crippen molar-refractivity contribution in [1.29, 1.82) is 0 Å². The molecule has 384 valence electrons. The maximum absolute atomic E-state index is 12.9. The molecule has 1 unspecified atom stereocenters. The molecule has 0 fully saturated rings. The Morgan fingerprint density at radius 1 is 0.537 bits per heavy atom. The van der Waals surface area contributed by atoms with Gasteiger partial charge in [0.1, 0.15) is 18.8 Å². The predicted molar refractivity (Wildman–Crippen MR) is 273 cm³/mol. The Hall–Kier alpha value is -3.61. The fourth-order valence-corrected chi connectivity index (χ4v) is 8.90. The third-order valence-electron chi connectivity index (χ3n) is 12.2. The van der Waals surface area contributed by atoms with E-state index < -0.39 is 36.4 Å². The maximum Gasteiger partial charge on any atom is 0.326 e. The number of rotatable bonds is 47. The number of nitrogens with one attached hydrogen (secondary N) is 2. The lowest BCUT2D eigenvalue weighted by atomic mass is 10.0. The number of benzene rings is 1. The summed E-state index contributed by atoms with van der Waals surface area (Å²) in [4.78, 5) is 73.2. The molecule has 1 aromatic carbocycles. The zero-order valence-corrected chi connectivity index (χ0v) is 42.7. The number of anilines is 1. The zero-order chi connectivity index (χ0) is 49.0. The van der Waals surface area contributed by atoms with Gasteiger partial charge in [-0.3, -0.25) is 24.0 Å².